The molecule has 3 fully saturated rings. The average Bonchev–Trinajstić information content (AvgIpc) is 4.17. The van der Waals surface area contributed by atoms with E-state index in [-0.39, 0.29) is 40.8 Å². The fraction of sp³-hybridized carbons (Fsp3) is 0.422. The first-order chi connectivity index (χ1) is 27.3. The molecule has 2 aliphatic carbocycles. The number of likely N-dealkylation sites (tertiary alicyclic amines) is 1. The van der Waals surface area contributed by atoms with Crippen LogP contribution in [0.5, 0.6) is 5.75 Å². The number of amides is 3. The van der Waals surface area contributed by atoms with Crippen molar-refractivity contribution in [2.45, 2.75) is 89.6 Å². The van der Waals surface area contributed by atoms with Gasteiger partial charge in [0.15, 0.2) is 0 Å². The Labute approximate surface area is 345 Å². The van der Waals surface area contributed by atoms with E-state index in [2.05, 4.69) is 92.8 Å². The lowest BCUT2D eigenvalue weighted by Gasteiger charge is -2.36. The molecule has 308 valence electrons. The SMILES string of the molecule is C#C.C#C.C#C.C=C.CC(=O)NSC1CC1.CC(C)(C)C(Nc1ccccc1)C(=O)N1CCC[C@H]1C(=O)NC1CC1.COc1ccc2c(=O)[nH]c(N(C)C)cc2c1. The molecule has 3 aromatic rings. The van der Waals surface area contributed by atoms with Crippen molar-refractivity contribution in [3.05, 3.63) is 78.1 Å². The molecule has 0 bridgehead atoms. The summed E-state index contributed by atoms with van der Waals surface area (Å²) in [6.45, 7) is 14.4. The van der Waals surface area contributed by atoms with Gasteiger partial charge in [-0.2, -0.15) is 0 Å². The number of carbonyl (C=O) groups excluding carboxylic acids is 3. The van der Waals surface area contributed by atoms with E-state index in [0.29, 0.717) is 18.0 Å². The van der Waals surface area contributed by atoms with Gasteiger partial charge in [-0.3, -0.25) is 19.2 Å². The molecule has 2 saturated carbocycles. The molecule has 0 radical (unpaired) electrons. The zero-order valence-corrected chi connectivity index (χ0v) is 35.5. The van der Waals surface area contributed by atoms with Crippen LogP contribution in [0.4, 0.5) is 11.5 Å². The number of hydrogen-bond donors (Lipinski definition) is 4. The van der Waals surface area contributed by atoms with Crippen molar-refractivity contribution in [2.75, 3.05) is 38.0 Å². The molecule has 6 rings (SSSR count). The third-order valence-corrected chi connectivity index (χ3v) is 9.58. The Kier molecular flexibility index (Phi) is 24.2. The van der Waals surface area contributed by atoms with E-state index < -0.39 is 0 Å². The minimum absolute atomic E-state index is 0.0146. The maximum Gasteiger partial charge on any atom is 0.257 e. The number of methoxy groups -OCH3 is 1. The van der Waals surface area contributed by atoms with Crippen LogP contribution in [0.15, 0.2) is 72.5 Å². The molecule has 2 atom stereocenters. The lowest BCUT2D eigenvalue weighted by Crippen LogP contribution is -2.54. The third kappa shape index (κ3) is 18.2. The average molecular weight is 799 g/mol. The number of aromatic nitrogens is 1. The maximum atomic E-state index is 13.3. The highest BCUT2D eigenvalue weighted by Crippen LogP contribution is 2.32. The van der Waals surface area contributed by atoms with Crippen LogP contribution in [0.2, 0.25) is 0 Å². The number of benzene rings is 2. The van der Waals surface area contributed by atoms with Crippen molar-refractivity contribution in [1.29, 1.82) is 0 Å². The van der Waals surface area contributed by atoms with Gasteiger partial charge < -0.3 is 34.9 Å². The molecule has 1 aromatic heterocycles. The van der Waals surface area contributed by atoms with Crippen molar-refractivity contribution in [3.8, 4) is 44.3 Å². The first-order valence-electron chi connectivity index (χ1n) is 18.5. The fourth-order valence-corrected chi connectivity index (χ4v) is 6.00. The summed E-state index contributed by atoms with van der Waals surface area (Å²) in [5.41, 5.74) is 0.588. The Morgan fingerprint density at radius 2 is 1.53 bits per heavy atom. The van der Waals surface area contributed by atoms with E-state index in [0.717, 1.165) is 53.6 Å². The highest BCUT2D eigenvalue weighted by Gasteiger charge is 2.42. The van der Waals surface area contributed by atoms with Gasteiger partial charge in [-0.05, 0) is 97.7 Å². The number of fused-ring (bicyclic) bond motifs is 1. The predicted octanol–water partition coefficient (Wildman–Crippen LogP) is 6.87. The first kappa shape index (κ1) is 51.2. The number of H-pyrrole nitrogens is 1. The molecule has 2 heterocycles. The minimum Gasteiger partial charge on any atom is -0.497 e. The van der Waals surface area contributed by atoms with Gasteiger partial charge in [0.25, 0.3) is 5.56 Å². The largest absolute Gasteiger partial charge is 0.497 e. The van der Waals surface area contributed by atoms with Gasteiger partial charge in [-0.15, -0.1) is 51.7 Å². The van der Waals surface area contributed by atoms with E-state index in [1.165, 1.54) is 19.8 Å². The van der Waals surface area contributed by atoms with Crippen LogP contribution >= 0.6 is 11.9 Å². The van der Waals surface area contributed by atoms with Crippen molar-refractivity contribution < 1.29 is 19.1 Å². The van der Waals surface area contributed by atoms with Crippen LogP contribution in [0, 0.1) is 44.0 Å². The molecule has 1 saturated heterocycles. The van der Waals surface area contributed by atoms with Gasteiger partial charge in [-0.25, -0.2) is 0 Å². The Hall–Kier alpha value is -5.77. The number of nitrogens with one attached hydrogen (secondary N) is 4. The van der Waals surface area contributed by atoms with Crippen molar-refractivity contribution in [1.82, 2.24) is 19.9 Å². The van der Waals surface area contributed by atoms with Crippen LogP contribution in [0.3, 0.4) is 0 Å². The van der Waals surface area contributed by atoms with E-state index >= 15 is 0 Å². The molecule has 2 aromatic carbocycles. The number of ether oxygens (including phenoxy) is 1. The standard InChI is InChI=1S/C20H29N3O2.C12H14N2O2.C5H9NOS.C2H4.3C2H2/c1-20(2,3)17(21-14-8-5-4-6-9-14)19(25)23-13-7-10-16(23)18(24)22-15-11-12-15;1-14(2)11-7-8-6-9(16-3)4-5-10(8)12(15)13-11;1-4(7)6-8-5-2-3-5;4*1-2/h4-6,8-9,15-17,21H,7,10-13H2,1-3H3,(H,22,24);4-7H,1-3H3,(H,13,15);5H,2-3H2,1H3,(H,6,7);1-2H2;3*1-2H/t16-,17?;;;;;;/m0....../s1. The monoisotopic (exact) mass is 798 g/mol. The molecule has 4 N–H and O–H groups in total. The smallest absolute Gasteiger partial charge is 0.257 e. The molecule has 1 unspecified atom stereocenters. The van der Waals surface area contributed by atoms with Gasteiger partial charge in [-0.1, -0.05) is 39.0 Å². The summed E-state index contributed by atoms with van der Waals surface area (Å²) in [5.74, 6) is 1.63. The highest BCUT2D eigenvalue weighted by molar-refractivity contribution is 7.98. The minimum atomic E-state index is -0.371. The van der Waals surface area contributed by atoms with E-state index in [4.69, 9.17) is 4.74 Å². The Morgan fingerprint density at radius 1 is 0.930 bits per heavy atom. The van der Waals surface area contributed by atoms with Crippen molar-refractivity contribution >= 4 is 51.9 Å². The van der Waals surface area contributed by atoms with E-state index in [1.807, 2.05) is 61.5 Å². The summed E-state index contributed by atoms with van der Waals surface area (Å²) < 4.78 is 7.82. The molecule has 0 spiro atoms. The summed E-state index contributed by atoms with van der Waals surface area (Å²) in [6, 6.07) is 16.8. The number of hydrogen-bond acceptors (Lipinski definition) is 8. The molecular weight excluding hydrogens is 737 g/mol. The van der Waals surface area contributed by atoms with E-state index in [9.17, 15) is 19.2 Å². The molecule has 3 amide bonds. The highest BCUT2D eigenvalue weighted by atomic mass is 32.2. The lowest BCUT2D eigenvalue weighted by molar-refractivity contribution is -0.140. The number of aromatic amines is 1. The van der Waals surface area contributed by atoms with Gasteiger partial charge in [0.2, 0.25) is 17.7 Å². The normalized spacial score (nSPS) is 15.2. The summed E-state index contributed by atoms with van der Waals surface area (Å²) >= 11 is 1.55. The van der Waals surface area contributed by atoms with Crippen LogP contribution in [-0.4, -0.2) is 78.7 Å². The Morgan fingerprint density at radius 3 is 2.02 bits per heavy atom. The van der Waals surface area contributed by atoms with Gasteiger partial charge >= 0.3 is 0 Å². The van der Waals surface area contributed by atoms with Crippen molar-refractivity contribution in [2.24, 2.45) is 5.41 Å². The molecule has 57 heavy (non-hydrogen) atoms. The zero-order valence-electron chi connectivity index (χ0n) is 34.7. The van der Waals surface area contributed by atoms with Crippen LogP contribution < -0.4 is 30.6 Å². The first-order valence-corrected chi connectivity index (χ1v) is 19.4. The summed E-state index contributed by atoms with van der Waals surface area (Å²) in [4.78, 5) is 54.3. The number of rotatable bonds is 9. The number of pyridine rings is 1. The van der Waals surface area contributed by atoms with Gasteiger partial charge in [0, 0.05) is 49.9 Å². The zero-order chi connectivity index (χ0) is 43.7. The fourth-order valence-electron chi connectivity index (χ4n) is 5.30. The topological polar surface area (TPSA) is 136 Å². The van der Waals surface area contributed by atoms with Gasteiger partial charge in [0.05, 0.1) is 7.11 Å². The molecule has 12 heteroatoms. The molecule has 11 nitrogen and oxygen atoms in total. The Balaban J connectivity index is 0.000000837. The van der Waals surface area contributed by atoms with E-state index in [1.54, 1.807) is 36.1 Å². The number of para-hydroxylation sites is 1. The summed E-state index contributed by atoms with van der Waals surface area (Å²) in [5, 5.41) is 8.72. The predicted molar refractivity (Wildman–Crippen MR) is 240 cm³/mol. The second-order valence-electron chi connectivity index (χ2n) is 14.1. The second kappa shape index (κ2) is 26.9. The number of carbonyl (C=O) groups is 3. The maximum absolute atomic E-state index is 13.3. The Bertz CT molecular complexity index is 1770. The number of anilines is 2. The van der Waals surface area contributed by atoms with Crippen LogP contribution in [0.1, 0.15) is 66.2 Å². The van der Waals surface area contributed by atoms with Crippen LogP contribution in [0.25, 0.3) is 10.8 Å². The lowest BCUT2D eigenvalue weighted by atomic mass is 9.85. The number of nitrogens with zero attached hydrogens (tertiary/aromatic N) is 2. The molecular formula is C45H62N6O5S. The quantitative estimate of drug-likeness (QED) is 0.105. The summed E-state index contributed by atoms with van der Waals surface area (Å²) in [7, 11) is 5.38. The third-order valence-electron chi connectivity index (χ3n) is 8.37. The number of terminal acetylenes is 3. The molecule has 1 aliphatic heterocycles. The summed E-state index contributed by atoms with van der Waals surface area (Å²) in [6.07, 6.45) is 30.3. The second-order valence-corrected chi connectivity index (χ2v) is 15.2. The van der Waals surface area contributed by atoms with Crippen molar-refractivity contribution in [3.63, 3.8) is 0 Å². The van der Waals surface area contributed by atoms with Gasteiger partial charge in [0.1, 0.15) is 23.7 Å². The molecule has 3 aliphatic rings. The van der Waals surface area contributed by atoms with Crippen LogP contribution in [-0.2, 0) is 14.4 Å².